The zero-order valence-electron chi connectivity index (χ0n) is 10.5. The number of hydrogen-bond acceptors (Lipinski definition) is 3. The fraction of sp³-hybridized carbons (Fsp3) is 0.833. The van der Waals surface area contributed by atoms with Crippen molar-refractivity contribution in [3.63, 3.8) is 0 Å². The summed E-state index contributed by atoms with van der Waals surface area (Å²) in [6.45, 7) is 5.93. The van der Waals surface area contributed by atoms with Crippen LogP contribution in [0.5, 0.6) is 0 Å². The van der Waals surface area contributed by atoms with Crippen LogP contribution in [-0.4, -0.2) is 33.0 Å². The van der Waals surface area contributed by atoms with E-state index in [1.807, 2.05) is 0 Å². The molecule has 0 aliphatic rings. The van der Waals surface area contributed by atoms with Gasteiger partial charge in [-0.15, -0.1) is 0 Å². The van der Waals surface area contributed by atoms with Gasteiger partial charge in [-0.3, -0.25) is 0 Å². The van der Waals surface area contributed by atoms with Crippen LogP contribution in [0.2, 0.25) is 0 Å². The topological polar surface area (TPSA) is 46.2 Å². The molecule has 0 aromatic carbocycles. The Kier molecular flexibility index (Phi) is 9.63. The molecule has 0 heterocycles. The van der Waals surface area contributed by atoms with Crippen molar-refractivity contribution < 1.29 is 8.42 Å². The van der Waals surface area contributed by atoms with Gasteiger partial charge in [0.1, 0.15) is 9.84 Å². The fourth-order valence-electron chi connectivity index (χ4n) is 1.29. The second kappa shape index (κ2) is 9.85. The van der Waals surface area contributed by atoms with Crippen molar-refractivity contribution >= 4 is 9.84 Å². The number of allylic oxidation sites excluding steroid dienone is 1. The molecule has 1 N–H and O–H groups in total. The first-order valence-corrected chi connectivity index (χ1v) is 8.00. The van der Waals surface area contributed by atoms with Gasteiger partial charge in [0.2, 0.25) is 0 Å². The van der Waals surface area contributed by atoms with Crippen LogP contribution >= 0.6 is 0 Å². The van der Waals surface area contributed by atoms with E-state index in [9.17, 15) is 8.42 Å². The first-order valence-electron chi connectivity index (χ1n) is 6.18. The van der Waals surface area contributed by atoms with E-state index >= 15 is 0 Å². The zero-order valence-corrected chi connectivity index (χ0v) is 11.4. The highest BCUT2D eigenvalue weighted by Gasteiger charge is 2.04. The van der Waals surface area contributed by atoms with Crippen molar-refractivity contribution in [1.82, 2.24) is 5.32 Å². The minimum absolute atomic E-state index is 0.262. The number of rotatable bonds is 10. The molecule has 96 valence electrons. The highest BCUT2D eigenvalue weighted by Crippen LogP contribution is 1.98. The molecule has 0 spiro atoms. The lowest BCUT2D eigenvalue weighted by Crippen LogP contribution is -2.15. The summed E-state index contributed by atoms with van der Waals surface area (Å²) in [5, 5.41) is 3.31. The van der Waals surface area contributed by atoms with Gasteiger partial charge in [0.05, 0.1) is 5.75 Å². The van der Waals surface area contributed by atoms with Gasteiger partial charge in [-0.25, -0.2) is 8.42 Å². The summed E-state index contributed by atoms with van der Waals surface area (Å²) < 4.78 is 22.3. The third-order valence-corrected chi connectivity index (χ3v) is 4.14. The maximum absolute atomic E-state index is 11.2. The van der Waals surface area contributed by atoms with Crippen LogP contribution in [0.25, 0.3) is 0 Å². The summed E-state index contributed by atoms with van der Waals surface area (Å²) in [5.41, 5.74) is 0. The largest absolute Gasteiger partial charge is 0.316 e. The highest BCUT2D eigenvalue weighted by atomic mass is 32.2. The summed E-state index contributed by atoms with van der Waals surface area (Å²) in [4.78, 5) is 0. The average molecular weight is 247 g/mol. The SMILES string of the molecule is CCCNCCC=CCCCS(=O)(=O)CC. The van der Waals surface area contributed by atoms with Crippen LogP contribution in [0, 0.1) is 0 Å². The van der Waals surface area contributed by atoms with Gasteiger partial charge in [0, 0.05) is 5.75 Å². The number of unbranched alkanes of at least 4 members (excludes halogenated alkanes) is 1. The molecule has 0 rings (SSSR count). The van der Waals surface area contributed by atoms with Gasteiger partial charge in [-0.2, -0.15) is 0 Å². The van der Waals surface area contributed by atoms with Gasteiger partial charge in [0.25, 0.3) is 0 Å². The highest BCUT2D eigenvalue weighted by molar-refractivity contribution is 7.91. The molecule has 0 unspecified atom stereocenters. The average Bonchev–Trinajstić information content (AvgIpc) is 2.27. The summed E-state index contributed by atoms with van der Waals surface area (Å²) in [6.07, 6.45) is 8.02. The van der Waals surface area contributed by atoms with E-state index in [1.54, 1.807) is 6.92 Å². The summed E-state index contributed by atoms with van der Waals surface area (Å²) in [7, 11) is -2.77. The maximum atomic E-state index is 11.2. The lowest BCUT2D eigenvalue weighted by Gasteiger charge is -1.99. The van der Waals surface area contributed by atoms with Crippen LogP contribution < -0.4 is 5.32 Å². The Hall–Kier alpha value is -0.350. The van der Waals surface area contributed by atoms with Crippen molar-refractivity contribution in [2.24, 2.45) is 0 Å². The second-order valence-corrected chi connectivity index (χ2v) is 6.36. The molecule has 0 aromatic rings. The lowest BCUT2D eigenvalue weighted by atomic mass is 10.3. The number of nitrogens with one attached hydrogen (secondary N) is 1. The van der Waals surface area contributed by atoms with E-state index < -0.39 is 9.84 Å². The van der Waals surface area contributed by atoms with Gasteiger partial charge >= 0.3 is 0 Å². The molecule has 3 nitrogen and oxygen atoms in total. The minimum atomic E-state index is -2.77. The predicted molar refractivity (Wildman–Crippen MR) is 70.5 cm³/mol. The molecule has 0 bridgehead atoms. The molecule has 0 atom stereocenters. The first kappa shape index (κ1) is 15.7. The van der Waals surface area contributed by atoms with Crippen LogP contribution in [0.1, 0.15) is 39.5 Å². The standard InChI is InChI=1S/C12H25NO2S/c1-3-10-13-11-8-6-5-7-9-12-16(14,15)4-2/h5-6,13H,3-4,7-12H2,1-2H3. The van der Waals surface area contributed by atoms with Crippen molar-refractivity contribution in [1.29, 1.82) is 0 Å². The molecule has 0 saturated heterocycles. The number of sulfone groups is 1. The zero-order chi connectivity index (χ0) is 12.3. The van der Waals surface area contributed by atoms with Crippen LogP contribution in [0.15, 0.2) is 12.2 Å². The lowest BCUT2D eigenvalue weighted by molar-refractivity contribution is 0.594. The first-order chi connectivity index (χ1) is 7.62. The third-order valence-electron chi connectivity index (χ3n) is 2.35. The Balaban J connectivity index is 3.35. The van der Waals surface area contributed by atoms with Gasteiger partial charge in [-0.1, -0.05) is 26.0 Å². The summed E-state index contributed by atoms with van der Waals surface area (Å²) in [6, 6.07) is 0. The molecule has 4 heteroatoms. The smallest absolute Gasteiger partial charge is 0.150 e. The summed E-state index contributed by atoms with van der Waals surface area (Å²) >= 11 is 0. The second-order valence-electron chi connectivity index (χ2n) is 3.89. The van der Waals surface area contributed by atoms with Crippen LogP contribution in [0.4, 0.5) is 0 Å². The maximum Gasteiger partial charge on any atom is 0.150 e. The van der Waals surface area contributed by atoms with Crippen molar-refractivity contribution in [2.75, 3.05) is 24.6 Å². The molecule has 0 radical (unpaired) electrons. The van der Waals surface area contributed by atoms with Crippen molar-refractivity contribution in [3.05, 3.63) is 12.2 Å². The van der Waals surface area contributed by atoms with E-state index in [-0.39, 0.29) is 5.75 Å². The van der Waals surface area contributed by atoms with E-state index in [0.717, 1.165) is 32.4 Å². The Morgan fingerprint density at radius 3 is 2.38 bits per heavy atom. The molecule has 0 saturated carbocycles. The van der Waals surface area contributed by atoms with Crippen molar-refractivity contribution in [2.45, 2.75) is 39.5 Å². The van der Waals surface area contributed by atoms with E-state index in [1.165, 1.54) is 6.42 Å². The monoisotopic (exact) mass is 247 g/mol. The quantitative estimate of drug-likeness (QED) is 0.475. The molecule has 0 aliphatic carbocycles. The van der Waals surface area contributed by atoms with E-state index in [4.69, 9.17) is 0 Å². The van der Waals surface area contributed by atoms with Crippen LogP contribution in [0.3, 0.4) is 0 Å². The fourth-order valence-corrected chi connectivity index (χ4v) is 2.18. The Bertz CT molecular complexity index is 271. The van der Waals surface area contributed by atoms with Crippen LogP contribution in [-0.2, 0) is 9.84 Å². The molecule has 0 aliphatic heterocycles. The third kappa shape index (κ3) is 10.2. The molecule has 0 fully saturated rings. The van der Waals surface area contributed by atoms with Crippen molar-refractivity contribution in [3.8, 4) is 0 Å². The van der Waals surface area contributed by atoms with E-state index in [2.05, 4.69) is 24.4 Å². The Labute approximate surface area is 100 Å². The normalized spacial score (nSPS) is 12.4. The number of hydrogen-bond donors (Lipinski definition) is 1. The van der Waals surface area contributed by atoms with Gasteiger partial charge in [-0.05, 0) is 38.8 Å². The van der Waals surface area contributed by atoms with E-state index in [0.29, 0.717) is 5.75 Å². The summed E-state index contributed by atoms with van der Waals surface area (Å²) in [5.74, 6) is 0.583. The van der Waals surface area contributed by atoms with Gasteiger partial charge < -0.3 is 5.32 Å². The predicted octanol–water partition coefficient (Wildman–Crippen LogP) is 2.15. The molecular weight excluding hydrogens is 222 g/mol. The molecule has 0 amide bonds. The Morgan fingerprint density at radius 2 is 1.75 bits per heavy atom. The molecular formula is C12H25NO2S. The Morgan fingerprint density at radius 1 is 1.06 bits per heavy atom. The molecule has 16 heavy (non-hydrogen) atoms. The van der Waals surface area contributed by atoms with Gasteiger partial charge in [0.15, 0.2) is 0 Å². The minimum Gasteiger partial charge on any atom is -0.316 e. The molecule has 0 aromatic heterocycles.